The van der Waals surface area contributed by atoms with Gasteiger partial charge in [0.1, 0.15) is 19.1 Å². The van der Waals surface area contributed by atoms with Crippen molar-refractivity contribution in [3.05, 3.63) is 41.2 Å². The van der Waals surface area contributed by atoms with E-state index in [-0.39, 0.29) is 6.07 Å². The largest absolute Gasteiger partial charge is 0.416 e. The molecule has 0 aliphatic heterocycles. The van der Waals surface area contributed by atoms with Gasteiger partial charge < -0.3 is 4.84 Å². The molecule has 0 unspecified atom stereocenters. The highest BCUT2D eigenvalue weighted by molar-refractivity contribution is 7.89. The van der Waals surface area contributed by atoms with E-state index in [4.69, 9.17) is 0 Å². The van der Waals surface area contributed by atoms with Crippen LogP contribution in [0.5, 0.6) is 0 Å². The van der Waals surface area contributed by atoms with Gasteiger partial charge in [0, 0.05) is 25.7 Å². The Hall–Kier alpha value is -2.77. The van der Waals surface area contributed by atoms with Crippen LogP contribution in [0.2, 0.25) is 0 Å². The fourth-order valence-electron chi connectivity index (χ4n) is 3.06. The average molecular weight is 579 g/mol. The molecule has 1 heterocycles. The van der Waals surface area contributed by atoms with Crippen molar-refractivity contribution in [1.82, 2.24) is 22.8 Å². The molecule has 3 rings (SSSR count). The van der Waals surface area contributed by atoms with Gasteiger partial charge in [0.15, 0.2) is 0 Å². The number of aromatic nitrogens is 3. The summed E-state index contributed by atoms with van der Waals surface area (Å²) in [6, 6.07) is -0.00849. The third kappa shape index (κ3) is 6.21. The Bertz CT molecular complexity index is 1370. The molecule has 0 spiro atoms. The number of halogens is 6. The second-order valence-corrected chi connectivity index (χ2v) is 11.8. The summed E-state index contributed by atoms with van der Waals surface area (Å²) in [7, 11) is -5.59. The predicted molar refractivity (Wildman–Crippen MR) is 115 cm³/mol. The van der Waals surface area contributed by atoms with Crippen molar-refractivity contribution in [2.75, 3.05) is 27.7 Å². The zero-order valence-electron chi connectivity index (χ0n) is 19.3. The molecule has 0 amide bonds. The zero-order valence-corrected chi connectivity index (χ0v) is 20.9. The van der Waals surface area contributed by atoms with Crippen molar-refractivity contribution in [2.24, 2.45) is 5.16 Å². The number of sulfonamides is 1. The molecule has 2 aromatic rings. The van der Waals surface area contributed by atoms with E-state index in [1.54, 1.807) is 0 Å². The summed E-state index contributed by atoms with van der Waals surface area (Å²) in [4.78, 5) is 8.12. The molecule has 19 heteroatoms. The van der Waals surface area contributed by atoms with Gasteiger partial charge in [0.05, 0.1) is 17.7 Å². The highest BCUT2D eigenvalue weighted by Gasteiger charge is 2.42. The second-order valence-electron chi connectivity index (χ2n) is 7.99. The first-order chi connectivity index (χ1) is 16.9. The minimum Gasteiger partial charge on any atom is -0.399 e. The van der Waals surface area contributed by atoms with Gasteiger partial charge in [0.25, 0.3) is 15.2 Å². The quantitative estimate of drug-likeness (QED) is 0.254. The minimum absolute atomic E-state index is 0.0783. The van der Waals surface area contributed by atoms with Crippen LogP contribution < -0.4 is 0 Å². The topological polar surface area (TPSA) is 127 Å². The lowest BCUT2D eigenvalue weighted by Crippen LogP contribution is -2.38. The van der Waals surface area contributed by atoms with Crippen LogP contribution in [-0.4, -0.2) is 79.1 Å². The van der Waals surface area contributed by atoms with E-state index in [0.29, 0.717) is 35.4 Å². The molecule has 0 radical (unpaired) electrons. The summed E-state index contributed by atoms with van der Waals surface area (Å²) in [6.45, 7) is -0.811. The monoisotopic (exact) mass is 578 g/mol. The Labute approximate surface area is 207 Å². The van der Waals surface area contributed by atoms with Gasteiger partial charge in [0.2, 0.25) is 0 Å². The molecule has 0 bridgehead atoms. The predicted octanol–water partition coefficient (Wildman–Crippen LogP) is 2.17. The molecule has 1 saturated carbocycles. The summed E-state index contributed by atoms with van der Waals surface area (Å²) < 4.78 is 133. The molecular formula is C18H20F6N6O5S2. The van der Waals surface area contributed by atoms with Crippen molar-refractivity contribution >= 4 is 25.9 Å². The van der Waals surface area contributed by atoms with Crippen LogP contribution in [0.4, 0.5) is 26.3 Å². The lowest BCUT2D eigenvalue weighted by molar-refractivity contribution is -0.143. The second kappa shape index (κ2) is 9.84. The van der Waals surface area contributed by atoms with Crippen LogP contribution in [0.25, 0.3) is 0 Å². The summed E-state index contributed by atoms with van der Waals surface area (Å²) in [6.07, 6.45) is -9.03. The number of nitrogens with zero attached hydrogens (tertiary/aromatic N) is 6. The Morgan fingerprint density at radius 3 is 2.03 bits per heavy atom. The Balaban J connectivity index is 2.07. The van der Waals surface area contributed by atoms with Gasteiger partial charge >= 0.3 is 22.6 Å². The Morgan fingerprint density at radius 2 is 1.59 bits per heavy atom. The summed E-state index contributed by atoms with van der Waals surface area (Å²) in [5.74, 6) is 0. The van der Waals surface area contributed by atoms with Crippen molar-refractivity contribution in [3.8, 4) is 0 Å². The smallest absolute Gasteiger partial charge is 0.399 e. The van der Waals surface area contributed by atoms with Crippen LogP contribution in [0.1, 0.15) is 29.5 Å². The van der Waals surface area contributed by atoms with Gasteiger partial charge in [-0.1, -0.05) is 5.16 Å². The number of rotatable bonds is 9. The van der Waals surface area contributed by atoms with Crippen molar-refractivity contribution in [1.29, 1.82) is 0 Å². The SMILES string of the molecule is CO/N=C(\CN(C1CC1)S(=O)(=O)c1ncn(S(=O)(=O)N(C)C)n1)c1cc(C(F)(F)F)cc(C(F)(F)F)c1. The molecule has 1 aliphatic rings. The summed E-state index contributed by atoms with van der Waals surface area (Å²) in [5.41, 5.74) is -4.50. The lowest BCUT2D eigenvalue weighted by atomic mass is 10.0. The third-order valence-electron chi connectivity index (χ3n) is 5.07. The first kappa shape index (κ1) is 28.8. The average Bonchev–Trinajstić information content (AvgIpc) is 3.47. The van der Waals surface area contributed by atoms with E-state index < -0.39 is 72.7 Å². The molecule has 37 heavy (non-hydrogen) atoms. The number of alkyl halides is 6. The number of hydrogen-bond acceptors (Lipinski definition) is 8. The fraction of sp³-hybridized carbons (Fsp3) is 0.500. The maximum Gasteiger partial charge on any atom is 0.416 e. The maximum absolute atomic E-state index is 13.3. The Kier molecular flexibility index (Phi) is 7.66. The molecule has 206 valence electrons. The lowest BCUT2D eigenvalue weighted by Gasteiger charge is -2.22. The van der Waals surface area contributed by atoms with Crippen LogP contribution in [-0.2, 0) is 37.4 Å². The normalized spacial score (nSPS) is 16.0. The highest BCUT2D eigenvalue weighted by Crippen LogP contribution is 2.37. The van der Waals surface area contributed by atoms with E-state index >= 15 is 0 Å². The third-order valence-corrected chi connectivity index (χ3v) is 8.34. The fourth-order valence-corrected chi connectivity index (χ4v) is 5.27. The molecule has 0 N–H and O–H groups in total. The van der Waals surface area contributed by atoms with Crippen LogP contribution in [0.3, 0.4) is 0 Å². The standard InChI is InChI=1S/C18H20F6N6O5S2/c1-28(2)37(33,34)30-10-25-16(26-30)36(31,32)29(14-4-5-14)9-15(27-35-3)11-6-12(17(19,20)21)8-13(7-11)18(22,23)24/h6-8,10,14H,4-5,9H2,1-3H3/b27-15+. The molecule has 1 fully saturated rings. The van der Waals surface area contributed by atoms with Gasteiger partial charge in [-0.2, -0.15) is 43.4 Å². The summed E-state index contributed by atoms with van der Waals surface area (Å²) in [5, 5.41) is 6.05. The highest BCUT2D eigenvalue weighted by atomic mass is 32.2. The van der Waals surface area contributed by atoms with Crippen LogP contribution in [0.15, 0.2) is 34.8 Å². The van der Waals surface area contributed by atoms with Crippen LogP contribution >= 0.6 is 0 Å². The number of oxime groups is 1. The molecule has 0 atom stereocenters. The minimum atomic E-state index is -5.15. The molecule has 1 aliphatic carbocycles. The number of hydrogen-bond donors (Lipinski definition) is 0. The summed E-state index contributed by atoms with van der Waals surface area (Å²) >= 11 is 0. The molecule has 1 aromatic carbocycles. The molecule has 0 saturated heterocycles. The van der Waals surface area contributed by atoms with E-state index in [0.717, 1.165) is 15.7 Å². The van der Waals surface area contributed by atoms with Gasteiger partial charge in [-0.15, -0.1) is 9.19 Å². The van der Waals surface area contributed by atoms with Gasteiger partial charge in [-0.3, -0.25) is 0 Å². The molecule has 1 aromatic heterocycles. The van der Waals surface area contributed by atoms with Gasteiger partial charge in [-0.25, -0.2) is 13.4 Å². The first-order valence-electron chi connectivity index (χ1n) is 10.2. The molecule has 11 nitrogen and oxygen atoms in total. The Morgan fingerprint density at radius 1 is 1.05 bits per heavy atom. The van der Waals surface area contributed by atoms with E-state index in [2.05, 4.69) is 20.1 Å². The number of benzene rings is 1. The van der Waals surface area contributed by atoms with Crippen molar-refractivity contribution in [2.45, 2.75) is 36.4 Å². The first-order valence-corrected chi connectivity index (χ1v) is 13.0. The van der Waals surface area contributed by atoms with Gasteiger partial charge in [-0.05, 0) is 31.0 Å². The van der Waals surface area contributed by atoms with E-state index in [1.165, 1.54) is 14.1 Å². The van der Waals surface area contributed by atoms with E-state index in [1.807, 2.05) is 0 Å². The molecular weight excluding hydrogens is 558 g/mol. The van der Waals surface area contributed by atoms with E-state index in [9.17, 15) is 43.2 Å². The van der Waals surface area contributed by atoms with Crippen molar-refractivity contribution < 1.29 is 48.0 Å². The zero-order chi connectivity index (χ0) is 28.0. The van der Waals surface area contributed by atoms with Crippen LogP contribution in [0, 0.1) is 0 Å². The van der Waals surface area contributed by atoms with Crippen molar-refractivity contribution in [3.63, 3.8) is 0 Å². The maximum atomic E-state index is 13.3.